The van der Waals surface area contributed by atoms with Crippen molar-refractivity contribution < 1.29 is 18.6 Å². The molecule has 15 heavy (non-hydrogen) atoms. The van der Waals surface area contributed by atoms with Crippen molar-refractivity contribution in [2.45, 2.75) is 17.1 Å². The minimum absolute atomic E-state index is 0.0608. The zero-order chi connectivity index (χ0) is 11.1. The topological polar surface area (TPSA) is 93.6 Å². The highest BCUT2D eigenvalue weighted by Crippen LogP contribution is 2.20. The van der Waals surface area contributed by atoms with Gasteiger partial charge in [-0.25, -0.2) is 8.42 Å². The molecule has 1 aliphatic rings. The van der Waals surface area contributed by atoms with E-state index >= 15 is 0 Å². The molecule has 2 heterocycles. The zero-order valence-corrected chi connectivity index (χ0v) is 8.68. The highest BCUT2D eigenvalue weighted by atomic mass is 32.2. The van der Waals surface area contributed by atoms with Gasteiger partial charge in [-0.1, -0.05) is 0 Å². The van der Waals surface area contributed by atoms with Gasteiger partial charge in [0.15, 0.2) is 0 Å². The molecule has 0 spiro atoms. The van der Waals surface area contributed by atoms with Crippen LogP contribution in [0.2, 0.25) is 0 Å². The van der Waals surface area contributed by atoms with Gasteiger partial charge in [-0.15, -0.1) is 0 Å². The molecule has 0 bridgehead atoms. The van der Waals surface area contributed by atoms with E-state index in [9.17, 15) is 18.6 Å². The van der Waals surface area contributed by atoms with Gasteiger partial charge in [0.25, 0.3) is 0 Å². The van der Waals surface area contributed by atoms with Crippen molar-refractivity contribution in [1.82, 2.24) is 9.29 Å². The Balaban J connectivity index is 2.25. The number of aliphatic hydroxyl groups is 2. The van der Waals surface area contributed by atoms with Crippen LogP contribution < -0.4 is 0 Å². The maximum Gasteiger partial charge on any atom is 0.244 e. The monoisotopic (exact) mass is 232 g/mol. The molecule has 7 heteroatoms. The van der Waals surface area contributed by atoms with E-state index in [1.165, 1.54) is 18.5 Å². The van der Waals surface area contributed by atoms with Crippen molar-refractivity contribution in [3.63, 3.8) is 0 Å². The van der Waals surface area contributed by atoms with E-state index < -0.39 is 22.2 Å². The van der Waals surface area contributed by atoms with Gasteiger partial charge in [-0.3, -0.25) is 0 Å². The van der Waals surface area contributed by atoms with Gasteiger partial charge in [0.05, 0.1) is 17.1 Å². The maximum absolute atomic E-state index is 11.9. The molecule has 1 fully saturated rings. The van der Waals surface area contributed by atoms with Gasteiger partial charge >= 0.3 is 0 Å². The lowest BCUT2D eigenvalue weighted by Crippen LogP contribution is -2.29. The summed E-state index contributed by atoms with van der Waals surface area (Å²) in [6.07, 6.45) is 0.875. The number of hydrogen-bond donors (Lipinski definition) is 3. The standard InChI is InChI=1S/C8H12N2O4S/c11-7-4-10(5-8(7)12)15(13,14)6-1-2-9-3-6/h1-3,7-9,11-12H,4-5H2/t7-,8+. The Kier molecular flexibility index (Phi) is 2.55. The quantitative estimate of drug-likeness (QED) is 0.593. The highest BCUT2D eigenvalue weighted by molar-refractivity contribution is 7.89. The van der Waals surface area contributed by atoms with Crippen molar-refractivity contribution in [2.75, 3.05) is 13.1 Å². The molecular weight excluding hydrogens is 220 g/mol. The summed E-state index contributed by atoms with van der Waals surface area (Å²) in [5.41, 5.74) is 0. The molecule has 1 saturated heterocycles. The molecule has 2 rings (SSSR count). The molecule has 0 amide bonds. The summed E-state index contributed by atoms with van der Waals surface area (Å²) in [6.45, 7) is -0.122. The SMILES string of the molecule is O=S(=O)(c1cc[nH]c1)N1C[C@@H](O)[C@@H](O)C1. The number of nitrogens with one attached hydrogen (secondary N) is 1. The number of aromatic nitrogens is 1. The lowest BCUT2D eigenvalue weighted by atomic mass is 10.3. The first-order chi connectivity index (χ1) is 7.01. The van der Waals surface area contributed by atoms with Crippen LogP contribution >= 0.6 is 0 Å². The van der Waals surface area contributed by atoms with Gasteiger partial charge < -0.3 is 15.2 Å². The van der Waals surface area contributed by atoms with E-state index in [-0.39, 0.29) is 18.0 Å². The van der Waals surface area contributed by atoms with E-state index in [1.807, 2.05) is 0 Å². The van der Waals surface area contributed by atoms with Crippen LogP contribution in [0.5, 0.6) is 0 Å². The van der Waals surface area contributed by atoms with Crippen molar-refractivity contribution in [1.29, 1.82) is 0 Å². The summed E-state index contributed by atoms with van der Waals surface area (Å²) in [7, 11) is -3.58. The number of aliphatic hydroxyl groups excluding tert-OH is 2. The van der Waals surface area contributed by atoms with Gasteiger partial charge in [0.1, 0.15) is 0 Å². The van der Waals surface area contributed by atoms with E-state index in [1.54, 1.807) is 0 Å². The van der Waals surface area contributed by atoms with Crippen molar-refractivity contribution in [3.05, 3.63) is 18.5 Å². The van der Waals surface area contributed by atoms with Crippen LogP contribution in [-0.2, 0) is 10.0 Å². The van der Waals surface area contributed by atoms with Crippen molar-refractivity contribution >= 4 is 10.0 Å². The average molecular weight is 232 g/mol. The minimum atomic E-state index is -3.58. The predicted octanol–water partition coefficient (Wildman–Crippen LogP) is -1.26. The van der Waals surface area contributed by atoms with Gasteiger partial charge in [0, 0.05) is 25.5 Å². The van der Waals surface area contributed by atoms with Crippen LogP contribution in [0.25, 0.3) is 0 Å². The second-order valence-electron chi connectivity index (χ2n) is 3.50. The molecule has 0 radical (unpaired) electrons. The number of rotatable bonds is 2. The second kappa shape index (κ2) is 3.60. The number of hydrogen-bond acceptors (Lipinski definition) is 4. The van der Waals surface area contributed by atoms with Crippen molar-refractivity contribution in [3.8, 4) is 0 Å². The molecule has 3 N–H and O–H groups in total. The molecule has 2 atom stereocenters. The molecule has 1 aromatic rings. The number of β-amino-alcohol motifs (C(OH)–C–C–N with tert-alkyl or cyclic N) is 2. The largest absolute Gasteiger partial charge is 0.389 e. The molecule has 0 aliphatic carbocycles. The van der Waals surface area contributed by atoms with E-state index in [2.05, 4.69) is 4.98 Å². The predicted molar refractivity (Wildman–Crippen MR) is 51.6 cm³/mol. The first-order valence-corrected chi connectivity index (χ1v) is 5.95. The molecule has 0 saturated carbocycles. The Morgan fingerprint density at radius 3 is 2.40 bits per heavy atom. The summed E-state index contributed by atoms with van der Waals surface area (Å²) in [4.78, 5) is 2.79. The Bertz CT molecular complexity index is 418. The maximum atomic E-state index is 11.9. The Labute approximate surface area is 87.2 Å². The summed E-state index contributed by atoms with van der Waals surface area (Å²) in [5.74, 6) is 0. The van der Waals surface area contributed by atoms with Gasteiger partial charge in [-0.05, 0) is 6.07 Å². The second-order valence-corrected chi connectivity index (χ2v) is 5.44. The molecule has 1 aromatic heterocycles. The van der Waals surface area contributed by atoms with E-state index in [4.69, 9.17) is 0 Å². The number of H-pyrrole nitrogens is 1. The van der Waals surface area contributed by atoms with Crippen molar-refractivity contribution in [2.24, 2.45) is 0 Å². The average Bonchev–Trinajstić information content (AvgIpc) is 2.77. The smallest absolute Gasteiger partial charge is 0.244 e. The van der Waals surface area contributed by atoms with Crippen LogP contribution in [0.4, 0.5) is 0 Å². The third-order valence-electron chi connectivity index (χ3n) is 2.43. The number of nitrogens with zero attached hydrogens (tertiary/aromatic N) is 1. The highest BCUT2D eigenvalue weighted by Gasteiger charge is 2.37. The van der Waals surface area contributed by atoms with Crippen LogP contribution in [0.15, 0.2) is 23.4 Å². The normalized spacial score (nSPS) is 28.4. The molecule has 1 aliphatic heterocycles. The third kappa shape index (κ3) is 1.78. The lowest BCUT2D eigenvalue weighted by molar-refractivity contribution is 0.0572. The van der Waals surface area contributed by atoms with Gasteiger partial charge in [-0.2, -0.15) is 4.31 Å². The fourth-order valence-corrected chi connectivity index (χ4v) is 3.00. The van der Waals surface area contributed by atoms with E-state index in [0.29, 0.717) is 0 Å². The fourth-order valence-electron chi connectivity index (χ4n) is 1.55. The van der Waals surface area contributed by atoms with Crippen LogP contribution in [0.3, 0.4) is 0 Å². The molecule has 84 valence electrons. The first-order valence-electron chi connectivity index (χ1n) is 4.51. The molecular formula is C8H12N2O4S. The first kappa shape index (κ1) is 10.6. The Hall–Kier alpha value is -0.890. The Morgan fingerprint density at radius 1 is 1.33 bits per heavy atom. The van der Waals surface area contributed by atoms with E-state index in [0.717, 1.165) is 4.31 Å². The molecule has 0 aromatic carbocycles. The summed E-state index contributed by atoms with van der Waals surface area (Å²) < 4.78 is 24.8. The van der Waals surface area contributed by atoms with Crippen LogP contribution in [0.1, 0.15) is 0 Å². The molecule has 6 nitrogen and oxygen atoms in total. The lowest BCUT2D eigenvalue weighted by Gasteiger charge is -2.13. The third-order valence-corrected chi connectivity index (χ3v) is 4.26. The number of aromatic amines is 1. The Morgan fingerprint density at radius 2 is 1.93 bits per heavy atom. The van der Waals surface area contributed by atoms with Crippen LogP contribution in [0, 0.1) is 0 Å². The van der Waals surface area contributed by atoms with Gasteiger partial charge in [0.2, 0.25) is 10.0 Å². The minimum Gasteiger partial charge on any atom is -0.389 e. The fraction of sp³-hybridized carbons (Fsp3) is 0.500. The summed E-state index contributed by atoms with van der Waals surface area (Å²) in [5, 5.41) is 18.5. The summed E-state index contributed by atoms with van der Waals surface area (Å²) >= 11 is 0. The zero-order valence-electron chi connectivity index (χ0n) is 7.87. The molecule has 0 unspecified atom stereocenters. The summed E-state index contributed by atoms with van der Waals surface area (Å²) in [6, 6.07) is 1.44. The van der Waals surface area contributed by atoms with Crippen LogP contribution in [-0.4, -0.2) is 53.2 Å². The number of sulfonamides is 1.